The molecule has 0 unspecified atom stereocenters. The van der Waals surface area contributed by atoms with Crippen LogP contribution in [0.4, 0.5) is 0 Å². The van der Waals surface area contributed by atoms with E-state index in [4.69, 9.17) is 23.7 Å². The Morgan fingerprint density at radius 1 is 0.745 bits per heavy atom. The van der Waals surface area contributed by atoms with Crippen molar-refractivity contribution in [3.63, 3.8) is 0 Å². The highest BCUT2D eigenvalue weighted by atomic mass is 16.6. The van der Waals surface area contributed by atoms with Crippen molar-refractivity contribution in [2.45, 2.75) is 63.9 Å². The topological polar surface area (TPSA) is 131 Å². The van der Waals surface area contributed by atoms with E-state index in [1.165, 1.54) is 0 Å². The highest BCUT2D eigenvalue weighted by Gasteiger charge is 2.24. The van der Waals surface area contributed by atoms with Crippen LogP contribution in [0, 0.1) is 0 Å². The molecule has 10 nitrogen and oxygen atoms in total. The van der Waals surface area contributed by atoms with Crippen LogP contribution in [-0.2, 0) is 35.1 Å². The average Bonchev–Trinajstić information content (AvgIpc) is 3.43. The normalized spacial score (nSPS) is 13.4. The van der Waals surface area contributed by atoms with Crippen molar-refractivity contribution in [2.75, 3.05) is 13.2 Å². The SMILES string of the molecule is C=CC(=O)Oc1ccc2c(c1)Cc1cc(OC(=O)c3ccc(OCCCCOC(=O)C(=O)CC(=O)OC4CCCCC4)cc3)ccc1-2. The van der Waals surface area contributed by atoms with Gasteiger partial charge in [0, 0.05) is 6.08 Å². The average molecular weight is 641 g/mol. The summed E-state index contributed by atoms with van der Waals surface area (Å²) in [4.78, 5) is 60.1. The van der Waals surface area contributed by atoms with Crippen LogP contribution in [0.5, 0.6) is 17.2 Å². The van der Waals surface area contributed by atoms with E-state index in [9.17, 15) is 24.0 Å². The fraction of sp³-hybridized carbons (Fsp3) is 0.324. The molecule has 0 aromatic heterocycles. The highest BCUT2D eigenvalue weighted by molar-refractivity contribution is 6.36. The first-order chi connectivity index (χ1) is 22.8. The number of ketones is 1. The van der Waals surface area contributed by atoms with Gasteiger partial charge in [0.25, 0.3) is 5.78 Å². The predicted molar refractivity (Wildman–Crippen MR) is 170 cm³/mol. The van der Waals surface area contributed by atoms with Crippen molar-refractivity contribution >= 4 is 29.7 Å². The molecule has 2 aliphatic rings. The monoisotopic (exact) mass is 640 g/mol. The number of benzene rings is 3. The molecule has 0 heterocycles. The summed E-state index contributed by atoms with van der Waals surface area (Å²) in [5.74, 6) is -2.25. The Bertz CT molecular complexity index is 1650. The van der Waals surface area contributed by atoms with E-state index in [0.29, 0.717) is 48.7 Å². The third-order valence-electron chi connectivity index (χ3n) is 7.93. The second-order valence-corrected chi connectivity index (χ2v) is 11.4. The predicted octanol–water partition coefficient (Wildman–Crippen LogP) is 6.11. The number of carbonyl (C=O) groups is 5. The number of fused-ring (bicyclic) bond motifs is 3. The van der Waals surface area contributed by atoms with Crippen LogP contribution < -0.4 is 14.2 Å². The number of hydrogen-bond donors (Lipinski definition) is 0. The second-order valence-electron chi connectivity index (χ2n) is 11.4. The quantitative estimate of drug-likeness (QED) is 0.0397. The fourth-order valence-corrected chi connectivity index (χ4v) is 5.55. The number of carbonyl (C=O) groups excluding carboxylic acids is 5. The Hall–Kier alpha value is -5.25. The van der Waals surface area contributed by atoms with Gasteiger partial charge in [0.05, 0.1) is 18.8 Å². The van der Waals surface area contributed by atoms with E-state index in [1.807, 2.05) is 24.3 Å². The molecule has 0 atom stereocenters. The molecule has 0 saturated heterocycles. The lowest BCUT2D eigenvalue weighted by Gasteiger charge is -2.21. The summed E-state index contributed by atoms with van der Waals surface area (Å²) in [7, 11) is 0. The van der Waals surface area contributed by atoms with Crippen LogP contribution >= 0.6 is 0 Å². The van der Waals surface area contributed by atoms with Gasteiger partial charge in [-0.3, -0.25) is 9.59 Å². The molecule has 3 aromatic rings. The van der Waals surface area contributed by atoms with E-state index in [2.05, 4.69) is 6.58 Å². The smallest absolute Gasteiger partial charge is 0.375 e. The zero-order chi connectivity index (χ0) is 33.2. The Balaban J connectivity index is 0.996. The van der Waals surface area contributed by atoms with Crippen LogP contribution in [0.25, 0.3) is 11.1 Å². The van der Waals surface area contributed by atoms with E-state index >= 15 is 0 Å². The second kappa shape index (κ2) is 15.8. The van der Waals surface area contributed by atoms with Crippen LogP contribution in [0.15, 0.2) is 73.3 Å². The first-order valence-corrected chi connectivity index (χ1v) is 15.7. The number of unbranched alkanes of at least 4 members (excludes halogenated alkanes) is 1. The molecule has 0 N–H and O–H groups in total. The zero-order valence-electron chi connectivity index (χ0n) is 26.0. The van der Waals surface area contributed by atoms with Crippen molar-refractivity contribution in [3.05, 3.63) is 90.0 Å². The summed E-state index contributed by atoms with van der Waals surface area (Å²) in [6, 6.07) is 17.5. The molecule has 2 aliphatic carbocycles. The molecule has 0 amide bonds. The van der Waals surface area contributed by atoms with Gasteiger partial charge >= 0.3 is 23.9 Å². The summed E-state index contributed by atoms with van der Waals surface area (Å²) in [5.41, 5.74) is 4.42. The van der Waals surface area contributed by atoms with Gasteiger partial charge in [0.2, 0.25) is 0 Å². The maximum atomic E-state index is 12.8. The van der Waals surface area contributed by atoms with E-state index in [1.54, 1.807) is 36.4 Å². The van der Waals surface area contributed by atoms with Gasteiger partial charge < -0.3 is 23.7 Å². The van der Waals surface area contributed by atoms with Gasteiger partial charge in [-0.1, -0.05) is 25.1 Å². The molecule has 0 spiro atoms. The molecule has 244 valence electrons. The van der Waals surface area contributed by atoms with Crippen molar-refractivity contribution in [1.82, 2.24) is 0 Å². The molecule has 47 heavy (non-hydrogen) atoms. The minimum atomic E-state index is -1.04. The molecule has 10 heteroatoms. The van der Waals surface area contributed by atoms with Gasteiger partial charge in [0.15, 0.2) is 0 Å². The van der Waals surface area contributed by atoms with E-state index in [0.717, 1.165) is 60.4 Å². The summed E-state index contributed by atoms with van der Waals surface area (Å²) in [6.45, 7) is 3.77. The molecule has 0 bridgehead atoms. The van der Waals surface area contributed by atoms with E-state index < -0.39 is 36.1 Å². The molecule has 5 rings (SSSR count). The van der Waals surface area contributed by atoms with E-state index in [-0.39, 0.29) is 12.7 Å². The summed E-state index contributed by atoms with van der Waals surface area (Å²) in [6.07, 6.45) is 6.64. The van der Waals surface area contributed by atoms with Crippen LogP contribution in [0.1, 0.15) is 72.9 Å². The third kappa shape index (κ3) is 9.16. The molecule has 3 aromatic carbocycles. The Morgan fingerprint density at radius 3 is 2.02 bits per heavy atom. The Morgan fingerprint density at radius 2 is 1.36 bits per heavy atom. The van der Waals surface area contributed by atoms with Crippen molar-refractivity contribution < 1.29 is 47.7 Å². The summed E-state index contributed by atoms with van der Waals surface area (Å²) >= 11 is 0. The summed E-state index contributed by atoms with van der Waals surface area (Å²) < 4.78 is 26.8. The first kappa shape index (κ1) is 33.1. The largest absolute Gasteiger partial charge is 0.494 e. The standard InChI is InChI=1S/C37H36O10/c1-2-34(39)46-29-14-16-31-25(21-29)20-26-22-30(15-17-32(26)31)47-36(41)24-10-12-27(13-11-24)43-18-6-7-19-44-37(42)33(38)23-35(40)45-28-8-4-3-5-9-28/h2,10-17,21-22,28H,1,3-9,18-20,23H2. The number of rotatable bonds is 14. The molecular weight excluding hydrogens is 604 g/mol. The third-order valence-corrected chi connectivity index (χ3v) is 7.93. The summed E-state index contributed by atoms with van der Waals surface area (Å²) in [5, 5.41) is 0. The lowest BCUT2D eigenvalue weighted by Crippen LogP contribution is -2.26. The van der Waals surface area contributed by atoms with Gasteiger partial charge in [-0.05, 0) is 116 Å². The maximum Gasteiger partial charge on any atom is 0.375 e. The van der Waals surface area contributed by atoms with Gasteiger partial charge in [0.1, 0.15) is 29.8 Å². The highest BCUT2D eigenvalue weighted by Crippen LogP contribution is 2.40. The van der Waals surface area contributed by atoms with Gasteiger partial charge in [-0.25, -0.2) is 14.4 Å². The molecule has 1 fully saturated rings. The first-order valence-electron chi connectivity index (χ1n) is 15.7. The molecule has 1 saturated carbocycles. The van der Waals surface area contributed by atoms with Crippen LogP contribution in [-0.4, -0.2) is 49.0 Å². The minimum absolute atomic E-state index is 0.0252. The van der Waals surface area contributed by atoms with Crippen LogP contribution in [0.3, 0.4) is 0 Å². The molecule has 0 radical (unpaired) electrons. The number of Topliss-reactive ketones (excluding diaryl/α,β-unsaturated/α-hetero) is 1. The Kier molecular flexibility index (Phi) is 11.2. The number of ether oxygens (including phenoxy) is 5. The molecule has 0 aliphatic heterocycles. The fourth-order valence-electron chi connectivity index (χ4n) is 5.55. The lowest BCUT2D eigenvalue weighted by molar-refractivity contribution is -0.160. The van der Waals surface area contributed by atoms with Crippen molar-refractivity contribution in [1.29, 1.82) is 0 Å². The van der Waals surface area contributed by atoms with Crippen LogP contribution in [0.2, 0.25) is 0 Å². The number of esters is 4. The lowest BCUT2D eigenvalue weighted by atomic mass is 9.98. The van der Waals surface area contributed by atoms with Crippen molar-refractivity contribution in [2.24, 2.45) is 0 Å². The van der Waals surface area contributed by atoms with Gasteiger partial charge in [-0.2, -0.15) is 0 Å². The van der Waals surface area contributed by atoms with Gasteiger partial charge in [-0.15, -0.1) is 0 Å². The van der Waals surface area contributed by atoms with Crippen molar-refractivity contribution in [3.8, 4) is 28.4 Å². The Labute approximate surface area is 272 Å². The minimum Gasteiger partial charge on any atom is -0.494 e. The maximum absolute atomic E-state index is 12.8. The molecular formula is C37H36O10. The number of hydrogen-bond acceptors (Lipinski definition) is 10. The zero-order valence-corrected chi connectivity index (χ0v) is 26.0.